The molecule has 0 aliphatic heterocycles. The molecule has 0 bridgehead atoms. The van der Waals surface area contributed by atoms with Gasteiger partial charge in [0.05, 0.1) is 0 Å². The van der Waals surface area contributed by atoms with E-state index in [0.29, 0.717) is 0 Å². The Morgan fingerprint density at radius 2 is 1.25 bits per heavy atom. The molecule has 0 amide bonds. The second-order valence-electron chi connectivity index (χ2n) is 0.0431. The van der Waals surface area contributed by atoms with Crippen LogP contribution in [-0.2, 0) is 13.1 Å². The van der Waals surface area contributed by atoms with Crippen molar-refractivity contribution in [3.63, 3.8) is 0 Å². The summed E-state index contributed by atoms with van der Waals surface area (Å²) in [5.41, 5.74) is 0. The van der Waals surface area contributed by atoms with Crippen LogP contribution in [0.3, 0.4) is 0 Å². The molecular formula is H4Cl2CuN+. The molecule has 4 heavy (non-hydrogen) atoms. The summed E-state index contributed by atoms with van der Waals surface area (Å²) in [6, 6.07) is 0. The van der Waals surface area contributed by atoms with Gasteiger partial charge in [-0.05, 0) is 0 Å². The molecule has 0 aromatic carbocycles. The minimum atomic E-state index is 0. The fraction of sp³-hybridized carbons (Fsp3) is 0. The first kappa shape index (κ1) is 8.91. The minimum absolute atomic E-state index is 0. The Balaban J connectivity index is 0. The third kappa shape index (κ3) is 11.6. The summed E-state index contributed by atoms with van der Waals surface area (Å²) >= 11 is 0.757. The number of hydrogen-bond donors (Lipinski definition) is 1. The van der Waals surface area contributed by atoms with Crippen molar-refractivity contribution in [3.05, 3.63) is 0 Å². The normalized spacial score (nSPS) is 5.50. The van der Waals surface area contributed by atoms with Gasteiger partial charge in [-0.15, -0.1) is 0 Å². The summed E-state index contributed by atoms with van der Waals surface area (Å²) in [7, 11) is 9.34. The van der Waals surface area contributed by atoms with Crippen LogP contribution in [0.5, 0.6) is 0 Å². The topological polar surface area (TPSA) is 36.5 Å². The van der Waals surface area contributed by atoms with Crippen LogP contribution in [0.15, 0.2) is 0 Å². The van der Waals surface area contributed by atoms with E-state index in [0.717, 1.165) is 13.1 Å². The Morgan fingerprint density at radius 3 is 1.25 bits per heavy atom. The van der Waals surface area contributed by atoms with Crippen molar-refractivity contribution in [3.8, 4) is 0 Å². The number of quaternary nitrogens is 1. The Labute approximate surface area is 39.9 Å². The first-order chi connectivity index (χ1) is 1.41. The Bertz CT molecular complexity index is 6.00. The average molecular weight is 152 g/mol. The van der Waals surface area contributed by atoms with E-state index >= 15 is 0 Å². The van der Waals surface area contributed by atoms with Crippen LogP contribution in [0.2, 0.25) is 0 Å². The van der Waals surface area contributed by atoms with Crippen LogP contribution in [0.25, 0.3) is 0 Å². The molecule has 0 spiro atoms. The molecule has 0 aliphatic carbocycles. The molecule has 0 aromatic rings. The molecule has 0 aliphatic rings. The zero-order chi connectivity index (χ0) is 2.71. The van der Waals surface area contributed by atoms with Crippen LogP contribution in [0.4, 0.5) is 0 Å². The predicted molar refractivity (Wildman–Crippen MR) is 17.7 cm³/mol. The molecule has 1 nitrogen and oxygen atoms in total. The first-order valence-corrected chi connectivity index (χ1v) is 2.82. The average Bonchev–Trinajstić information content (AvgIpc) is 0.918. The van der Waals surface area contributed by atoms with Gasteiger partial charge in [-0.25, -0.2) is 0 Å². The van der Waals surface area contributed by atoms with Crippen molar-refractivity contribution < 1.29 is 13.1 Å². The Morgan fingerprint density at radius 1 is 1.25 bits per heavy atom. The maximum Gasteiger partial charge on any atom is -0.369 e. The largest absolute Gasteiger partial charge is 0.369 e. The summed E-state index contributed by atoms with van der Waals surface area (Å²) in [6.45, 7) is 0. The van der Waals surface area contributed by atoms with Gasteiger partial charge >= 0.3 is 33.3 Å². The monoisotopic (exact) mass is 151 g/mol. The van der Waals surface area contributed by atoms with E-state index in [1.165, 1.54) is 0 Å². The fourth-order valence-electron chi connectivity index (χ4n) is 0. The summed E-state index contributed by atoms with van der Waals surface area (Å²) in [5.74, 6) is 0. The molecule has 0 rings (SSSR count). The van der Waals surface area contributed by atoms with Crippen LogP contribution in [-0.4, -0.2) is 0 Å². The molecular weight excluding hydrogens is 148 g/mol. The fourth-order valence-corrected chi connectivity index (χ4v) is 0. The number of hydrogen-bond acceptors (Lipinski definition) is 0. The summed E-state index contributed by atoms with van der Waals surface area (Å²) < 4.78 is 0. The maximum absolute atomic E-state index is 4.67. The summed E-state index contributed by atoms with van der Waals surface area (Å²) in [6.07, 6.45) is 0. The zero-order valence-corrected chi connectivity index (χ0v) is 4.51. The van der Waals surface area contributed by atoms with Gasteiger partial charge < -0.3 is 6.15 Å². The van der Waals surface area contributed by atoms with Gasteiger partial charge in [0.15, 0.2) is 0 Å². The molecule has 33 valence electrons. The summed E-state index contributed by atoms with van der Waals surface area (Å²) in [5, 5.41) is 0. The number of halogens is 2. The smallest absolute Gasteiger partial charge is 0.369 e. The van der Waals surface area contributed by atoms with Crippen molar-refractivity contribution >= 4 is 20.2 Å². The standard InChI is InChI=1S/2ClH.Cu.H3N/h2*1H;;1H3/q;;+2;/p-1. The van der Waals surface area contributed by atoms with Crippen molar-refractivity contribution in [2.24, 2.45) is 0 Å². The van der Waals surface area contributed by atoms with Crippen LogP contribution < -0.4 is 6.15 Å². The van der Waals surface area contributed by atoms with Gasteiger partial charge in [0.2, 0.25) is 0 Å². The molecule has 0 atom stereocenters. The van der Waals surface area contributed by atoms with E-state index in [4.69, 9.17) is 0 Å². The molecule has 0 saturated heterocycles. The Hall–Kier alpha value is 1.06. The Kier molecular flexibility index (Phi) is 19.9. The molecule has 0 heterocycles. The predicted octanol–water partition coefficient (Wildman–Crippen LogP) is 1.75. The molecule has 0 fully saturated rings. The van der Waals surface area contributed by atoms with Crippen LogP contribution >= 0.6 is 20.2 Å². The summed E-state index contributed by atoms with van der Waals surface area (Å²) in [4.78, 5) is 0. The maximum atomic E-state index is 4.67. The molecule has 0 radical (unpaired) electrons. The van der Waals surface area contributed by atoms with E-state index in [9.17, 15) is 0 Å². The minimum Gasteiger partial charge on any atom is -0.369 e. The van der Waals surface area contributed by atoms with Gasteiger partial charge in [0.25, 0.3) is 0 Å². The van der Waals surface area contributed by atoms with Gasteiger partial charge in [-0.2, -0.15) is 0 Å². The number of rotatable bonds is 0. The van der Waals surface area contributed by atoms with Crippen molar-refractivity contribution in [2.75, 3.05) is 0 Å². The van der Waals surface area contributed by atoms with Crippen molar-refractivity contribution in [1.82, 2.24) is 6.15 Å². The van der Waals surface area contributed by atoms with E-state index in [2.05, 4.69) is 20.2 Å². The van der Waals surface area contributed by atoms with E-state index < -0.39 is 0 Å². The third-order valence-corrected chi connectivity index (χ3v) is 0. The quantitative estimate of drug-likeness (QED) is 0.514. The van der Waals surface area contributed by atoms with E-state index in [1.807, 2.05) is 0 Å². The molecule has 0 aromatic heterocycles. The van der Waals surface area contributed by atoms with Crippen LogP contribution in [0, 0.1) is 0 Å². The molecule has 4 N–H and O–H groups in total. The molecule has 0 saturated carbocycles. The van der Waals surface area contributed by atoms with Gasteiger partial charge in [-0.1, -0.05) is 0 Å². The van der Waals surface area contributed by atoms with E-state index in [-0.39, 0.29) is 6.15 Å². The molecule has 0 unspecified atom stereocenters. The van der Waals surface area contributed by atoms with Crippen LogP contribution in [0.1, 0.15) is 0 Å². The van der Waals surface area contributed by atoms with Gasteiger partial charge in [0, 0.05) is 0 Å². The SMILES string of the molecule is [Cl][Cu][Cl].[NH4+]. The first-order valence-electron chi connectivity index (χ1n) is 0.228. The van der Waals surface area contributed by atoms with Gasteiger partial charge in [0.1, 0.15) is 0 Å². The van der Waals surface area contributed by atoms with E-state index in [1.54, 1.807) is 0 Å². The van der Waals surface area contributed by atoms with Crippen molar-refractivity contribution in [1.29, 1.82) is 0 Å². The molecule has 4 heteroatoms. The second-order valence-corrected chi connectivity index (χ2v) is 1.60. The second kappa shape index (κ2) is 8.96. The van der Waals surface area contributed by atoms with Crippen molar-refractivity contribution in [2.45, 2.75) is 0 Å². The van der Waals surface area contributed by atoms with Gasteiger partial charge in [-0.3, -0.25) is 0 Å². The zero-order valence-electron chi connectivity index (χ0n) is 2.06. The third-order valence-electron chi connectivity index (χ3n) is 0.